The zero-order chi connectivity index (χ0) is 22.6. The second kappa shape index (κ2) is 9.15. The minimum Gasteiger partial charge on any atom is -0.497 e. The summed E-state index contributed by atoms with van der Waals surface area (Å²) < 4.78 is 75.6. The predicted molar refractivity (Wildman–Crippen MR) is 101 cm³/mol. The molecule has 1 heterocycles. The van der Waals surface area contributed by atoms with Gasteiger partial charge >= 0.3 is 6.18 Å². The number of carbonyl (C=O) groups is 1. The van der Waals surface area contributed by atoms with Gasteiger partial charge in [-0.2, -0.15) is 13.2 Å². The van der Waals surface area contributed by atoms with Gasteiger partial charge in [0.25, 0.3) is 5.91 Å². The van der Waals surface area contributed by atoms with Gasteiger partial charge in [0, 0.05) is 18.2 Å². The fourth-order valence-electron chi connectivity index (χ4n) is 2.85. The number of aromatic nitrogens is 1. The Labute approximate surface area is 174 Å². The maximum Gasteiger partial charge on any atom is 0.406 e. The van der Waals surface area contributed by atoms with Gasteiger partial charge in [0.1, 0.15) is 12.3 Å². The van der Waals surface area contributed by atoms with E-state index in [0.29, 0.717) is 16.2 Å². The van der Waals surface area contributed by atoms with Crippen molar-refractivity contribution in [3.8, 4) is 17.1 Å². The Bertz CT molecular complexity index is 1050. The SMILES string of the molecule is COc1ccc(CCN(CC(F)(F)F)C(=O)c2cc(-c3ccc(F)c(F)c3)on2)cc1. The van der Waals surface area contributed by atoms with Gasteiger partial charge in [0.05, 0.1) is 7.11 Å². The molecule has 0 radical (unpaired) electrons. The molecule has 0 spiro atoms. The molecule has 3 rings (SSSR count). The summed E-state index contributed by atoms with van der Waals surface area (Å²) in [6.45, 7) is -1.70. The fraction of sp³-hybridized carbons (Fsp3) is 0.238. The summed E-state index contributed by atoms with van der Waals surface area (Å²) in [5, 5.41) is 3.51. The number of hydrogen-bond donors (Lipinski definition) is 0. The van der Waals surface area contributed by atoms with Crippen LogP contribution in [0.15, 0.2) is 53.1 Å². The number of rotatable bonds is 7. The third kappa shape index (κ3) is 5.80. The first-order valence-electron chi connectivity index (χ1n) is 9.07. The molecule has 31 heavy (non-hydrogen) atoms. The molecule has 0 atom stereocenters. The molecule has 5 nitrogen and oxygen atoms in total. The Hall–Kier alpha value is -3.43. The van der Waals surface area contributed by atoms with Crippen molar-refractivity contribution < 1.29 is 36.0 Å². The molecule has 0 unspecified atom stereocenters. The average molecular weight is 440 g/mol. The van der Waals surface area contributed by atoms with Gasteiger partial charge < -0.3 is 14.2 Å². The van der Waals surface area contributed by atoms with Crippen molar-refractivity contribution in [1.82, 2.24) is 10.1 Å². The summed E-state index contributed by atoms with van der Waals surface area (Å²) in [4.78, 5) is 13.3. The van der Waals surface area contributed by atoms with Crippen molar-refractivity contribution in [2.75, 3.05) is 20.2 Å². The summed E-state index contributed by atoms with van der Waals surface area (Å²) >= 11 is 0. The first-order valence-corrected chi connectivity index (χ1v) is 9.07. The zero-order valence-corrected chi connectivity index (χ0v) is 16.2. The molecule has 10 heteroatoms. The molecule has 164 valence electrons. The minimum absolute atomic E-state index is 0.0793. The molecular formula is C21H17F5N2O3. The number of nitrogens with zero attached hydrogens (tertiary/aromatic N) is 2. The van der Waals surface area contributed by atoms with Gasteiger partial charge in [0.15, 0.2) is 23.1 Å². The van der Waals surface area contributed by atoms with E-state index >= 15 is 0 Å². The van der Waals surface area contributed by atoms with E-state index in [-0.39, 0.29) is 30.0 Å². The molecule has 0 aliphatic carbocycles. The number of halogens is 5. The highest BCUT2D eigenvalue weighted by molar-refractivity contribution is 5.93. The molecule has 0 aliphatic rings. The van der Waals surface area contributed by atoms with Gasteiger partial charge in [-0.15, -0.1) is 0 Å². The smallest absolute Gasteiger partial charge is 0.406 e. The summed E-state index contributed by atoms with van der Waals surface area (Å²) in [6.07, 6.45) is -4.46. The Morgan fingerprint density at radius 3 is 2.39 bits per heavy atom. The number of alkyl halides is 3. The van der Waals surface area contributed by atoms with E-state index in [1.165, 1.54) is 13.2 Å². The van der Waals surface area contributed by atoms with Gasteiger partial charge in [-0.1, -0.05) is 17.3 Å². The first-order chi connectivity index (χ1) is 14.7. The number of benzene rings is 2. The molecule has 0 N–H and O–H groups in total. The molecule has 1 amide bonds. The van der Waals surface area contributed by atoms with Crippen LogP contribution in [0, 0.1) is 11.6 Å². The van der Waals surface area contributed by atoms with Gasteiger partial charge in [-0.3, -0.25) is 4.79 Å². The van der Waals surface area contributed by atoms with Crippen molar-refractivity contribution >= 4 is 5.91 Å². The Kier molecular flexibility index (Phi) is 6.57. The van der Waals surface area contributed by atoms with Crippen molar-refractivity contribution in [1.29, 1.82) is 0 Å². The van der Waals surface area contributed by atoms with E-state index in [2.05, 4.69) is 5.16 Å². The quantitative estimate of drug-likeness (QED) is 0.492. The monoisotopic (exact) mass is 440 g/mol. The van der Waals surface area contributed by atoms with E-state index < -0.39 is 30.3 Å². The van der Waals surface area contributed by atoms with E-state index in [1.807, 2.05) is 0 Å². The summed E-state index contributed by atoms with van der Waals surface area (Å²) in [5.41, 5.74) is 0.424. The highest BCUT2D eigenvalue weighted by Crippen LogP contribution is 2.24. The van der Waals surface area contributed by atoms with Gasteiger partial charge in [-0.05, 0) is 42.3 Å². The van der Waals surface area contributed by atoms with Crippen LogP contribution in [0.3, 0.4) is 0 Å². The molecular weight excluding hydrogens is 423 g/mol. The number of ether oxygens (including phenoxy) is 1. The maximum atomic E-state index is 13.4. The number of methoxy groups -OCH3 is 1. The van der Waals surface area contributed by atoms with Crippen LogP contribution in [0.4, 0.5) is 22.0 Å². The van der Waals surface area contributed by atoms with E-state index in [9.17, 15) is 26.7 Å². The van der Waals surface area contributed by atoms with Crippen LogP contribution in [-0.2, 0) is 6.42 Å². The topological polar surface area (TPSA) is 55.6 Å². The van der Waals surface area contributed by atoms with Crippen LogP contribution >= 0.6 is 0 Å². The second-order valence-electron chi connectivity index (χ2n) is 6.65. The van der Waals surface area contributed by atoms with E-state index in [4.69, 9.17) is 9.26 Å². The lowest BCUT2D eigenvalue weighted by Crippen LogP contribution is -2.40. The average Bonchev–Trinajstić information content (AvgIpc) is 3.22. The van der Waals surface area contributed by atoms with Crippen molar-refractivity contribution in [3.63, 3.8) is 0 Å². The van der Waals surface area contributed by atoms with E-state index in [0.717, 1.165) is 18.2 Å². The van der Waals surface area contributed by atoms with Crippen molar-refractivity contribution in [3.05, 3.63) is 71.4 Å². The molecule has 0 aliphatic heterocycles. The molecule has 1 aromatic heterocycles. The van der Waals surface area contributed by atoms with Crippen LogP contribution in [-0.4, -0.2) is 42.3 Å². The Morgan fingerprint density at radius 1 is 1.06 bits per heavy atom. The summed E-state index contributed by atoms with van der Waals surface area (Å²) in [6, 6.07) is 10.7. The van der Waals surface area contributed by atoms with Crippen LogP contribution in [0.2, 0.25) is 0 Å². The lowest BCUT2D eigenvalue weighted by Gasteiger charge is -2.23. The molecule has 0 saturated carbocycles. The summed E-state index contributed by atoms with van der Waals surface area (Å²) in [5.74, 6) is -2.69. The van der Waals surface area contributed by atoms with Crippen molar-refractivity contribution in [2.45, 2.75) is 12.6 Å². The fourth-order valence-corrected chi connectivity index (χ4v) is 2.85. The van der Waals surface area contributed by atoms with Gasteiger partial charge in [0.2, 0.25) is 0 Å². The second-order valence-corrected chi connectivity index (χ2v) is 6.65. The number of carbonyl (C=O) groups excluding carboxylic acids is 1. The number of amides is 1. The molecule has 3 aromatic rings. The van der Waals surface area contributed by atoms with Crippen LogP contribution in [0.25, 0.3) is 11.3 Å². The lowest BCUT2D eigenvalue weighted by atomic mass is 10.1. The standard InChI is InChI=1S/C21H17F5N2O3/c1-30-15-5-2-13(3-6-15)8-9-28(12-21(24,25)26)20(29)18-11-19(31-27-18)14-4-7-16(22)17(23)10-14/h2-7,10-11H,8-9,12H2,1H3. The highest BCUT2D eigenvalue weighted by atomic mass is 19.4. The third-order valence-corrected chi connectivity index (χ3v) is 4.42. The molecule has 0 bridgehead atoms. The minimum atomic E-state index is -4.62. The van der Waals surface area contributed by atoms with Gasteiger partial charge in [-0.25, -0.2) is 8.78 Å². The lowest BCUT2D eigenvalue weighted by molar-refractivity contribution is -0.140. The Morgan fingerprint density at radius 2 is 1.77 bits per heavy atom. The molecule has 2 aromatic carbocycles. The van der Waals surface area contributed by atoms with E-state index in [1.54, 1.807) is 24.3 Å². The van der Waals surface area contributed by atoms with Crippen LogP contribution in [0.1, 0.15) is 16.1 Å². The largest absolute Gasteiger partial charge is 0.497 e. The number of hydrogen-bond acceptors (Lipinski definition) is 4. The summed E-state index contributed by atoms with van der Waals surface area (Å²) in [7, 11) is 1.49. The first kappa shape index (κ1) is 22.3. The normalized spacial score (nSPS) is 11.4. The molecule has 0 saturated heterocycles. The predicted octanol–water partition coefficient (Wildman–Crippen LogP) is 4.88. The zero-order valence-electron chi connectivity index (χ0n) is 16.2. The van der Waals surface area contributed by atoms with Crippen LogP contribution in [0.5, 0.6) is 5.75 Å². The van der Waals surface area contributed by atoms with Crippen molar-refractivity contribution in [2.24, 2.45) is 0 Å². The Balaban J connectivity index is 1.77. The highest BCUT2D eigenvalue weighted by Gasteiger charge is 2.34. The molecule has 0 fully saturated rings. The van der Waals surface area contributed by atoms with Crippen LogP contribution < -0.4 is 4.74 Å². The maximum absolute atomic E-state index is 13.4. The third-order valence-electron chi connectivity index (χ3n) is 4.42.